The van der Waals surface area contributed by atoms with Gasteiger partial charge in [0, 0.05) is 23.4 Å². The van der Waals surface area contributed by atoms with E-state index in [1.165, 1.54) is 11.3 Å². The van der Waals surface area contributed by atoms with Gasteiger partial charge in [-0.05, 0) is 54.6 Å². The Kier molecular flexibility index (Phi) is 6.81. The number of carbonyl (C=O) groups is 2. The Bertz CT molecular complexity index is 944. The van der Waals surface area contributed by atoms with Crippen LogP contribution >= 0.6 is 11.3 Å². The van der Waals surface area contributed by atoms with Crippen molar-refractivity contribution in [2.75, 3.05) is 6.54 Å². The lowest BCUT2D eigenvalue weighted by Gasteiger charge is -2.12. The van der Waals surface area contributed by atoms with E-state index in [0.29, 0.717) is 12.1 Å². The van der Waals surface area contributed by atoms with Crippen molar-refractivity contribution in [3.05, 3.63) is 87.6 Å². The molecule has 6 heteroatoms. The number of benzene rings is 1. The first kappa shape index (κ1) is 19.6. The van der Waals surface area contributed by atoms with Crippen LogP contribution in [0, 0.1) is 6.92 Å². The number of aryl methyl sites for hydroxylation is 2. The molecule has 0 aliphatic rings. The molecule has 0 radical (unpaired) electrons. The minimum Gasteiger partial charge on any atom is -0.469 e. The number of hydrogen-bond donors (Lipinski definition) is 2. The lowest BCUT2D eigenvalue weighted by molar-refractivity contribution is -0.117. The summed E-state index contributed by atoms with van der Waals surface area (Å²) in [6.07, 6.45) is 4.82. The summed E-state index contributed by atoms with van der Waals surface area (Å²) in [6.45, 7) is 2.35. The highest BCUT2D eigenvalue weighted by molar-refractivity contribution is 7.10. The summed E-state index contributed by atoms with van der Waals surface area (Å²) >= 11 is 1.50. The quantitative estimate of drug-likeness (QED) is 0.445. The molecule has 0 aliphatic carbocycles. The molecular weight excluding hydrogens is 372 g/mol. The van der Waals surface area contributed by atoms with Gasteiger partial charge in [-0.2, -0.15) is 0 Å². The molecule has 28 heavy (non-hydrogen) atoms. The maximum absolute atomic E-state index is 12.7. The zero-order valence-corrected chi connectivity index (χ0v) is 16.4. The molecule has 144 valence electrons. The summed E-state index contributed by atoms with van der Waals surface area (Å²) < 4.78 is 5.29. The van der Waals surface area contributed by atoms with Gasteiger partial charge in [-0.3, -0.25) is 9.59 Å². The second-order valence-electron chi connectivity index (χ2n) is 6.28. The van der Waals surface area contributed by atoms with E-state index in [1.807, 2.05) is 48.7 Å². The van der Waals surface area contributed by atoms with Gasteiger partial charge in [0.1, 0.15) is 11.5 Å². The van der Waals surface area contributed by atoms with E-state index < -0.39 is 0 Å². The van der Waals surface area contributed by atoms with Gasteiger partial charge in [-0.15, -0.1) is 11.3 Å². The van der Waals surface area contributed by atoms with Gasteiger partial charge in [0.15, 0.2) is 0 Å². The second kappa shape index (κ2) is 9.71. The van der Waals surface area contributed by atoms with Gasteiger partial charge in [0.25, 0.3) is 11.8 Å². The van der Waals surface area contributed by atoms with E-state index in [9.17, 15) is 9.59 Å². The van der Waals surface area contributed by atoms with Gasteiger partial charge in [0.05, 0.1) is 6.26 Å². The molecule has 0 bridgehead atoms. The van der Waals surface area contributed by atoms with Crippen LogP contribution in [-0.4, -0.2) is 18.4 Å². The molecule has 2 N–H and O–H groups in total. The highest BCUT2D eigenvalue weighted by atomic mass is 32.1. The molecule has 3 aromatic rings. The monoisotopic (exact) mass is 394 g/mol. The average Bonchev–Trinajstić information content (AvgIpc) is 3.39. The molecule has 2 amide bonds. The van der Waals surface area contributed by atoms with E-state index in [2.05, 4.69) is 10.6 Å². The SMILES string of the molecule is Cc1ccccc1C(=O)N/C(=C\c1cccs1)C(=O)NCCCc1ccco1. The molecule has 0 spiro atoms. The van der Waals surface area contributed by atoms with Crippen molar-refractivity contribution in [1.82, 2.24) is 10.6 Å². The van der Waals surface area contributed by atoms with Crippen LogP contribution in [0.5, 0.6) is 0 Å². The normalized spacial score (nSPS) is 11.2. The van der Waals surface area contributed by atoms with Crippen molar-refractivity contribution in [3.63, 3.8) is 0 Å². The fourth-order valence-electron chi connectivity index (χ4n) is 2.71. The molecule has 2 heterocycles. The lowest BCUT2D eigenvalue weighted by atomic mass is 10.1. The molecule has 3 rings (SSSR count). The molecule has 0 fully saturated rings. The number of thiophene rings is 1. The van der Waals surface area contributed by atoms with Crippen molar-refractivity contribution in [1.29, 1.82) is 0 Å². The van der Waals surface area contributed by atoms with E-state index in [4.69, 9.17) is 4.42 Å². The van der Waals surface area contributed by atoms with Crippen molar-refractivity contribution < 1.29 is 14.0 Å². The summed E-state index contributed by atoms with van der Waals surface area (Å²) in [5, 5.41) is 7.56. The Labute approximate surface area is 168 Å². The van der Waals surface area contributed by atoms with Crippen LogP contribution in [-0.2, 0) is 11.2 Å². The fraction of sp³-hybridized carbons (Fsp3) is 0.182. The third kappa shape index (κ3) is 5.44. The summed E-state index contributed by atoms with van der Waals surface area (Å²) in [7, 11) is 0. The fourth-order valence-corrected chi connectivity index (χ4v) is 3.36. The summed E-state index contributed by atoms with van der Waals surface area (Å²) in [5.41, 5.74) is 1.63. The van der Waals surface area contributed by atoms with E-state index >= 15 is 0 Å². The van der Waals surface area contributed by atoms with Crippen molar-refractivity contribution in [2.24, 2.45) is 0 Å². The highest BCUT2D eigenvalue weighted by Crippen LogP contribution is 2.14. The van der Waals surface area contributed by atoms with Gasteiger partial charge in [0.2, 0.25) is 0 Å². The summed E-state index contributed by atoms with van der Waals surface area (Å²) in [4.78, 5) is 26.2. The van der Waals surface area contributed by atoms with E-state index in [1.54, 1.807) is 24.5 Å². The molecule has 0 atom stereocenters. The number of carbonyl (C=O) groups excluding carboxylic acids is 2. The molecule has 0 aliphatic heterocycles. The Morgan fingerprint density at radius 3 is 2.68 bits per heavy atom. The number of amides is 2. The number of rotatable bonds is 8. The van der Waals surface area contributed by atoms with Gasteiger partial charge >= 0.3 is 0 Å². The summed E-state index contributed by atoms with van der Waals surface area (Å²) in [6, 6.07) is 14.8. The Hall–Kier alpha value is -3.12. The van der Waals surface area contributed by atoms with Crippen LogP contribution in [0.3, 0.4) is 0 Å². The standard InChI is InChI=1S/C22H22N2O3S/c1-16-7-2-3-11-19(16)21(25)24-20(15-18-10-6-14-28-18)22(26)23-12-4-8-17-9-5-13-27-17/h2-3,5-7,9-11,13-15H,4,8,12H2,1H3,(H,23,26)(H,24,25)/b20-15-. The minimum absolute atomic E-state index is 0.230. The van der Waals surface area contributed by atoms with E-state index in [-0.39, 0.29) is 17.5 Å². The third-order valence-electron chi connectivity index (χ3n) is 4.18. The van der Waals surface area contributed by atoms with Crippen molar-refractivity contribution in [2.45, 2.75) is 19.8 Å². The first-order valence-electron chi connectivity index (χ1n) is 9.06. The van der Waals surface area contributed by atoms with Crippen LogP contribution in [0.4, 0.5) is 0 Å². The third-order valence-corrected chi connectivity index (χ3v) is 5.00. The molecule has 0 unspecified atom stereocenters. The Balaban J connectivity index is 1.65. The van der Waals surface area contributed by atoms with Crippen molar-refractivity contribution in [3.8, 4) is 0 Å². The predicted molar refractivity (Wildman–Crippen MR) is 111 cm³/mol. The maximum atomic E-state index is 12.7. The number of furan rings is 1. The lowest BCUT2D eigenvalue weighted by Crippen LogP contribution is -2.35. The zero-order chi connectivity index (χ0) is 19.8. The highest BCUT2D eigenvalue weighted by Gasteiger charge is 2.16. The van der Waals surface area contributed by atoms with Crippen LogP contribution in [0.15, 0.2) is 70.3 Å². The zero-order valence-electron chi connectivity index (χ0n) is 15.6. The van der Waals surface area contributed by atoms with Crippen LogP contribution in [0.25, 0.3) is 6.08 Å². The van der Waals surface area contributed by atoms with Gasteiger partial charge in [-0.25, -0.2) is 0 Å². The Morgan fingerprint density at radius 1 is 1.11 bits per heavy atom. The molecular formula is C22H22N2O3S. The van der Waals surface area contributed by atoms with Gasteiger partial charge in [-0.1, -0.05) is 24.3 Å². The predicted octanol–water partition coefficient (Wildman–Crippen LogP) is 4.17. The van der Waals surface area contributed by atoms with Crippen molar-refractivity contribution >= 4 is 29.2 Å². The molecule has 0 saturated carbocycles. The number of nitrogens with one attached hydrogen (secondary N) is 2. The van der Waals surface area contributed by atoms with Gasteiger partial charge < -0.3 is 15.1 Å². The first-order chi connectivity index (χ1) is 13.6. The number of hydrogen-bond acceptors (Lipinski definition) is 4. The second-order valence-corrected chi connectivity index (χ2v) is 7.26. The van der Waals surface area contributed by atoms with Crippen LogP contribution in [0.1, 0.15) is 33.0 Å². The molecule has 2 aromatic heterocycles. The Morgan fingerprint density at radius 2 is 1.96 bits per heavy atom. The topological polar surface area (TPSA) is 71.3 Å². The molecule has 1 aromatic carbocycles. The first-order valence-corrected chi connectivity index (χ1v) is 9.94. The minimum atomic E-state index is -0.310. The smallest absolute Gasteiger partial charge is 0.267 e. The summed E-state index contributed by atoms with van der Waals surface area (Å²) in [5.74, 6) is 0.276. The average molecular weight is 394 g/mol. The van der Waals surface area contributed by atoms with Crippen LogP contribution < -0.4 is 10.6 Å². The largest absolute Gasteiger partial charge is 0.469 e. The van der Waals surface area contributed by atoms with E-state index in [0.717, 1.165) is 29.0 Å². The molecule has 5 nitrogen and oxygen atoms in total. The molecule has 0 saturated heterocycles. The maximum Gasteiger partial charge on any atom is 0.267 e. The van der Waals surface area contributed by atoms with Crippen LogP contribution in [0.2, 0.25) is 0 Å².